The molecule has 0 aliphatic heterocycles. The molecule has 17 heavy (non-hydrogen) atoms. The van der Waals surface area contributed by atoms with Gasteiger partial charge in [0.1, 0.15) is 19.0 Å². The van der Waals surface area contributed by atoms with Gasteiger partial charge in [0, 0.05) is 5.02 Å². The van der Waals surface area contributed by atoms with Gasteiger partial charge in [-0.15, -0.1) is 0 Å². The van der Waals surface area contributed by atoms with Crippen molar-refractivity contribution in [3.05, 3.63) is 34.6 Å². The maximum absolute atomic E-state index is 13.2. The van der Waals surface area contributed by atoms with Crippen molar-refractivity contribution in [1.29, 1.82) is 0 Å². The average molecular weight is 262 g/mol. The van der Waals surface area contributed by atoms with Crippen molar-refractivity contribution in [3.63, 3.8) is 0 Å². The third-order valence-corrected chi connectivity index (χ3v) is 1.95. The van der Waals surface area contributed by atoms with Gasteiger partial charge >= 0.3 is 12.1 Å². The summed E-state index contributed by atoms with van der Waals surface area (Å²) in [5, 5.41) is 0.177. The van der Waals surface area contributed by atoms with Crippen LogP contribution in [-0.2, 0) is 9.47 Å². The highest BCUT2D eigenvalue weighted by Crippen LogP contribution is 2.15. The largest absolute Gasteiger partial charge is 0.458 e. The molecule has 0 aliphatic rings. The number of esters is 1. The molecule has 1 amide bonds. The predicted molar refractivity (Wildman–Crippen MR) is 57.2 cm³/mol. The van der Waals surface area contributed by atoms with Crippen molar-refractivity contribution < 1.29 is 23.5 Å². The van der Waals surface area contributed by atoms with E-state index in [0.29, 0.717) is 0 Å². The van der Waals surface area contributed by atoms with E-state index < -0.39 is 17.9 Å². The van der Waals surface area contributed by atoms with Crippen molar-refractivity contribution in [2.75, 3.05) is 13.2 Å². The van der Waals surface area contributed by atoms with Gasteiger partial charge in [-0.3, -0.25) is 0 Å². The Kier molecular flexibility index (Phi) is 4.71. The van der Waals surface area contributed by atoms with E-state index >= 15 is 0 Å². The minimum absolute atomic E-state index is 0.177. The molecule has 1 aromatic carbocycles. The van der Waals surface area contributed by atoms with E-state index in [1.54, 1.807) is 0 Å². The molecule has 0 radical (unpaired) electrons. The van der Waals surface area contributed by atoms with Crippen LogP contribution in [0.5, 0.6) is 0 Å². The lowest BCUT2D eigenvalue weighted by Crippen LogP contribution is -2.18. The van der Waals surface area contributed by atoms with E-state index in [0.717, 1.165) is 6.07 Å². The summed E-state index contributed by atoms with van der Waals surface area (Å²) < 4.78 is 22.2. The quantitative estimate of drug-likeness (QED) is 0.661. The normalized spacial score (nSPS) is 9.76. The summed E-state index contributed by atoms with van der Waals surface area (Å²) in [6.07, 6.45) is -0.973. The number of rotatable bonds is 4. The number of hydrogen-bond acceptors (Lipinski definition) is 4. The summed E-state index contributed by atoms with van der Waals surface area (Å²) in [4.78, 5) is 21.5. The van der Waals surface area contributed by atoms with Crippen LogP contribution in [0.2, 0.25) is 5.02 Å². The lowest BCUT2D eigenvalue weighted by Gasteiger charge is -2.05. The number of carbonyl (C=O) groups is 2. The minimum Gasteiger partial charge on any atom is -0.458 e. The number of nitrogens with two attached hydrogens (primary N) is 1. The van der Waals surface area contributed by atoms with E-state index in [-0.39, 0.29) is 23.8 Å². The molecule has 0 saturated carbocycles. The third kappa shape index (κ3) is 4.28. The smallest absolute Gasteiger partial charge is 0.404 e. The second kappa shape index (κ2) is 6.05. The average Bonchev–Trinajstić information content (AvgIpc) is 2.23. The first-order valence-electron chi connectivity index (χ1n) is 4.55. The van der Waals surface area contributed by atoms with Crippen molar-refractivity contribution in [2.45, 2.75) is 0 Å². The van der Waals surface area contributed by atoms with Crippen LogP contribution >= 0.6 is 11.6 Å². The summed E-state index contributed by atoms with van der Waals surface area (Å²) in [7, 11) is 0. The highest BCUT2D eigenvalue weighted by molar-refractivity contribution is 6.30. The molecule has 1 aromatic rings. The molecule has 0 unspecified atom stereocenters. The number of halogens is 2. The zero-order valence-electron chi connectivity index (χ0n) is 8.61. The monoisotopic (exact) mass is 261 g/mol. The molecule has 7 heteroatoms. The Balaban J connectivity index is 2.50. The Bertz CT molecular complexity index is 438. The van der Waals surface area contributed by atoms with Crippen molar-refractivity contribution in [1.82, 2.24) is 0 Å². The lowest BCUT2D eigenvalue weighted by molar-refractivity contribution is 0.0403. The Morgan fingerprint density at radius 3 is 2.53 bits per heavy atom. The highest BCUT2D eigenvalue weighted by Gasteiger charge is 2.13. The molecule has 0 atom stereocenters. The summed E-state index contributed by atoms with van der Waals surface area (Å²) in [5.41, 5.74) is 4.44. The summed E-state index contributed by atoms with van der Waals surface area (Å²) in [6, 6.07) is 3.56. The van der Waals surface area contributed by atoms with Crippen molar-refractivity contribution in [2.24, 2.45) is 5.73 Å². The zero-order valence-corrected chi connectivity index (χ0v) is 9.37. The molecule has 0 spiro atoms. The fraction of sp³-hybridized carbons (Fsp3) is 0.200. The number of primary amides is 1. The molecular weight excluding hydrogens is 253 g/mol. The molecule has 0 bridgehead atoms. The van der Waals surface area contributed by atoms with Gasteiger partial charge in [0.05, 0.1) is 5.56 Å². The van der Waals surface area contributed by atoms with Gasteiger partial charge in [-0.2, -0.15) is 0 Å². The first kappa shape index (κ1) is 13.2. The van der Waals surface area contributed by atoms with Gasteiger partial charge in [0.25, 0.3) is 0 Å². The second-order valence-corrected chi connectivity index (χ2v) is 3.36. The van der Waals surface area contributed by atoms with Crippen LogP contribution in [0, 0.1) is 5.82 Å². The summed E-state index contributed by atoms with van der Waals surface area (Å²) in [5.74, 6) is -1.65. The minimum atomic E-state index is -0.973. The first-order chi connectivity index (χ1) is 8.00. The second-order valence-electron chi connectivity index (χ2n) is 2.93. The molecule has 0 aliphatic carbocycles. The molecule has 0 saturated heterocycles. The highest BCUT2D eigenvalue weighted by atomic mass is 35.5. The molecule has 1 rings (SSSR count). The maximum Gasteiger partial charge on any atom is 0.404 e. The van der Waals surface area contributed by atoms with Crippen LogP contribution in [0.25, 0.3) is 0 Å². The Morgan fingerprint density at radius 1 is 1.29 bits per heavy atom. The van der Waals surface area contributed by atoms with Gasteiger partial charge in [0.15, 0.2) is 0 Å². The molecule has 0 fully saturated rings. The van der Waals surface area contributed by atoms with E-state index in [1.807, 2.05) is 0 Å². The van der Waals surface area contributed by atoms with E-state index in [1.165, 1.54) is 12.1 Å². The Labute approximate surface area is 101 Å². The number of carbonyl (C=O) groups excluding carboxylic acids is 2. The van der Waals surface area contributed by atoms with Gasteiger partial charge in [-0.1, -0.05) is 11.6 Å². The fourth-order valence-electron chi connectivity index (χ4n) is 1.01. The first-order valence-corrected chi connectivity index (χ1v) is 4.93. The van der Waals surface area contributed by atoms with Gasteiger partial charge in [-0.25, -0.2) is 14.0 Å². The van der Waals surface area contributed by atoms with Gasteiger partial charge < -0.3 is 15.2 Å². The number of benzene rings is 1. The van der Waals surface area contributed by atoms with Crippen LogP contribution in [0.15, 0.2) is 18.2 Å². The molecule has 0 aromatic heterocycles. The summed E-state index contributed by atoms with van der Waals surface area (Å²) >= 11 is 5.52. The standard InChI is InChI=1S/C10H9ClFNO4/c11-6-1-2-7(8(12)5-6)9(14)16-3-4-17-10(13)15/h1-2,5H,3-4H2,(H2,13,15). The maximum atomic E-state index is 13.2. The van der Waals surface area contributed by atoms with Crippen LogP contribution in [-0.4, -0.2) is 25.3 Å². The van der Waals surface area contributed by atoms with Crippen LogP contribution in [0.1, 0.15) is 10.4 Å². The SMILES string of the molecule is NC(=O)OCCOC(=O)c1ccc(Cl)cc1F. The number of ether oxygens (including phenoxy) is 2. The van der Waals surface area contributed by atoms with E-state index in [9.17, 15) is 14.0 Å². The third-order valence-electron chi connectivity index (χ3n) is 1.71. The summed E-state index contributed by atoms with van der Waals surface area (Å²) in [6.45, 7) is -0.389. The van der Waals surface area contributed by atoms with Crippen molar-refractivity contribution in [3.8, 4) is 0 Å². The van der Waals surface area contributed by atoms with Gasteiger partial charge in [-0.05, 0) is 18.2 Å². The van der Waals surface area contributed by atoms with Crippen LogP contribution in [0.4, 0.5) is 9.18 Å². The molecule has 92 valence electrons. The molecule has 5 nitrogen and oxygen atoms in total. The molecule has 0 heterocycles. The molecular formula is C10H9ClFNO4. The zero-order chi connectivity index (χ0) is 12.8. The lowest BCUT2D eigenvalue weighted by atomic mass is 10.2. The predicted octanol–water partition coefficient (Wildman–Crippen LogP) is 1.73. The molecule has 2 N–H and O–H groups in total. The number of amides is 1. The fourth-order valence-corrected chi connectivity index (χ4v) is 1.17. The Morgan fingerprint density at radius 2 is 1.94 bits per heavy atom. The number of hydrogen-bond donors (Lipinski definition) is 1. The van der Waals surface area contributed by atoms with E-state index in [2.05, 4.69) is 15.2 Å². The van der Waals surface area contributed by atoms with Gasteiger partial charge in [0.2, 0.25) is 0 Å². The van der Waals surface area contributed by atoms with Crippen molar-refractivity contribution >= 4 is 23.7 Å². The van der Waals surface area contributed by atoms with Crippen LogP contribution in [0.3, 0.4) is 0 Å². The van der Waals surface area contributed by atoms with E-state index in [4.69, 9.17) is 11.6 Å². The van der Waals surface area contributed by atoms with Crippen LogP contribution < -0.4 is 5.73 Å². The topological polar surface area (TPSA) is 78.6 Å². The Hall–Kier alpha value is -1.82.